The Kier molecular flexibility index (Phi) is 3.89. The van der Waals surface area contributed by atoms with Gasteiger partial charge in [-0.2, -0.15) is 25.1 Å². The average molecular weight is 394 g/mol. The largest absolute Gasteiger partial charge is 0.383 e. The van der Waals surface area contributed by atoms with Crippen LogP contribution in [-0.4, -0.2) is 29.1 Å². The zero-order valence-electron chi connectivity index (χ0n) is 15.5. The molecule has 0 bridgehead atoms. The molecule has 0 amide bonds. The van der Waals surface area contributed by atoms with Gasteiger partial charge in [-0.1, -0.05) is 36.4 Å². The van der Waals surface area contributed by atoms with E-state index in [9.17, 15) is 10.1 Å². The van der Waals surface area contributed by atoms with Crippen molar-refractivity contribution in [3.8, 4) is 23.4 Å². The van der Waals surface area contributed by atoms with E-state index in [4.69, 9.17) is 10.7 Å². The minimum absolute atomic E-state index is 0.123. The van der Waals surface area contributed by atoms with Gasteiger partial charge < -0.3 is 5.73 Å². The Hall–Kier alpha value is -4.71. The lowest BCUT2D eigenvalue weighted by Crippen LogP contribution is -2.25. The summed E-state index contributed by atoms with van der Waals surface area (Å²) in [7, 11) is 0. The molecule has 144 valence electrons. The molecule has 5 rings (SSSR count). The zero-order valence-corrected chi connectivity index (χ0v) is 15.5. The van der Waals surface area contributed by atoms with Crippen LogP contribution in [-0.2, 0) is 0 Å². The summed E-state index contributed by atoms with van der Waals surface area (Å²) >= 11 is 0. The van der Waals surface area contributed by atoms with Gasteiger partial charge in [0.15, 0.2) is 11.3 Å². The van der Waals surface area contributed by atoms with Crippen LogP contribution in [0.5, 0.6) is 0 Å². The van der Waals surface area contributed by atoms with E-state index in [-0.39, 0.29) is 23.0 Å². The third-order valence-corrected chi connectivity index (χ3v) is 4.64. The van der Waals surface area contributed by atoms with Gasteiger partial charge in [0.05, 0.1) is 17.6 Å². The number of anilines is 1. The van der Waals surface area contributed by atoms with Crippen molar-refractivity contribution >= 4 is 16.9 Å². The van der Waals surface area contributed by atoms with E-state index in [1.807, 2.05) is 54.6 Å². The van der Waals surface area contributed by atoms with Crippen molar-refractivity contribution in [2.45, 2.75) is 0 Å². The fourth-order valence-electron chi connectivity index (χ4n) is 3.28. The van der Waals surface area contributed by atoms with Crippen LogP contribution in [0.2, 0.25) is 0 Å². The van der Waals surface area contributed by atoms with Gasteiger partial charge in [0.2, 0.25) is 5.95 Å². The van der Waals surface area contributed by atoms with Crippen LogP contribution in [0, 0.1) is 11.3 Å². The molecule has 30 heavy (non-hydrogen) atoms. The molecule has 0 spiro atoms. The number of benzene rings is 2. The number of para-hydroxylation sites is 2. The van der Waals surface area contributed by atoms with Gasteiger partial charge in [0.25, 0.3) is 5.56 Å². The van der Waals surface area contributed by atoms with Gasteiger partial charge in [-0.3, -0.25) is 4.79 Å². The van der Waals surface area contributed by atoms with Gasteiger partial charge in [0.1, 0.15) is 17.3 Å². The van der Waals surface area contributed by atoms with E-state index in [0.29, 0.717) is 16.7 Å². The molecule has 0 fully saturated rings. The molecule has 0 saturated heterocycles. The quantitative estimate of drug-likeness (QED) is 0.501. The Labute approximate surface area is 169 Å². The molecule has 0 aliphatic heterocycles. The Morgan fingerprint density at radius 2 is 1.60 bits per heavy atom. The molecule has 3 aromatic heterocycles. The van der Waals surface area contributed by atoms with Crippen molar-refractivity contribution in [2.75, 3.05) is 5.73 Å². The SMILES string of the molecule is N#Cc1cc(N)n(-c2nc3c(cnn3-c3ccccc3)c(=O)n2-c2ccccc2)n1. The van der Waals surface area contributed by atoms with Crippen LogP contribution in [0.25, 0.3) is 28.4 Å². The van der Waals surface area contributed by atoms with Gasteiger partial charge in [-0.05, 0) is 24.3 Å². The molecule has 0 aliphatic rings. The topological polar surface area (TPSA) is 120 Å². The van der Waals surface area contributed by atoms with Crippen LogP contribution in [0.3, 0.4) is 0 Å². The Morgan fingerprint density at radius 1 is 0.933 bits per heavy atom. The van der Waals surface area contributed by atoms with Crippen LogP contribution in [0.15, 0.2) is 77.7 Å². The lowest BCUT2D eigenvalue weighted by Gasteiger charge is -2.13. The highest BCUT2D eigenvalue weighted by molar-refractivity contribution is 5.76. The first-order valence-corrected chi connectivity index (χ1v) is 9.05. The predicted octanol–water partition coefficient (Wildman–Crippen LogP) is 2.21. The second-order valence-electron chi connectivity index (χ2n) is 6.50. The fourth-order valence-corrected chi connectivity index (χ4v) is 3.28. The molecule has 9 nitrogen and oxygen atoms in total. The lowest BCUT2D eigenvalue weighted by molar-refractivity contribution is 0.760. The van der Waals surface area contributed by atoms with E-state index in [0.717, 1.165) is 5.69 Å². The number of rotatable bonds is 3. The first kappa shape index (κ1) is 17.4. The van der Waals surface area contributed by atoms with Gasteiger partial charge in [-0.15, -0.1) is 0 Å². The van der Waals surface area contributed by atoms with Crippen molar-refractivity contribution in [2.24, 2.45) is 0 Å². The van der Waals surface area contributed by atoms with E-state index in [1.54, 1.807) is 16.8 Å². The highest BCUT2D eigenvalue weighted by Gasteiger charge is 2.20. The number of nitrogens with zero attached hydrogens (tertiary/aromatic N) is 7. The average Bonchev–Trinajstić information content (AvgIpc) is 3.38. The molecule has 9 heteroatoms. The van der Waals surface area contributed by atoms with Crippen molar-refractivity contribution in [1.29, 1.82) is 5.26 Å². The van der Waals surface area contributed by atoms with Gasteiger partial charge in [-0.25, -0.2) is 9.25 Å². The second-order valence-corrected chi connectivity index (χ2v) is 6.50. The molecule has 2 N–H and O–H groups in total. The standard InChI is InChI=1S/C21H14N8O/c22-12-14-11-18(23)29(26-14)21-25-19-17(13-24-28(19)16-9-5-2-6-10-16)20(30)27(21)15-7-3-1-4-8-15/h1-11,13H,23H2. The van der Waals surface area contributed by atoms with Crippen LogP contribution < -0.4 is 11.3 Å². The first-order valence-electron chi connectivity index (χ1n) is 9.05. The summed E-state index contributed by atoms with van der Waals surface area (Å²) in [4.78, 5) is 18.2. The molecule has 0 saturated carbocycles. The summed E-state index contributed by atoms with van der Waals surface area (Å²) in [5.74, 6) is 0.351. The Bertz CT molecular complexity index is 1470. The molecule has 2 aromatic carbocycles. The first-order chi connectivity index (χ1) is 14.7. The van der Waals surface area contributed by atoms with E-state index >= 15 is 0 Å². The zero-order chi connectivity index (χ0) is 20.7. The molecule has 0 aliphatic carbocycles. The van der Waals surface area contributed by atoms with E-state index in [2.05, 4.69) is 10.2 Å². The maximum Gasteiger partial charge on any atom is 0.270 e. The molecule has 3 heterocycles. The number of fused-ring (bicyclic) bond motifs is 1. The van der Waals surface area contributed by atoms with Crippen molar-refractivity contribution in [3.05, 3.63) is 89.0 Å². The minimum Gasteiger partial charge on any atom is -0.383 e. The highest BCUT2D eigenvalue weighted by Crippen LogP contribution is 2.20. The number of nitriles is 1. The lowest BCUT2D eigenvalue weighted by atomic mass is 10.3. The third kappa shape index (κ3) is 2.63. The van der Waals surface area contributed by atoms with Crippen molar-refractivity contribution < 1.29 is 0 Å². The smallest absolute Gasteiger partial charge is 0.270 e. The number of nitrogen functional groups attached to an aromatic ring is 1. The fraction of sp³-hybridized carbons (Fsp3) is 0. The molecular weight excluding hydrogens is 380 g/mol. The highest BCUT2D eigenvalue weighted by atomic mass is 16.1. The minimum atomic E-state index is -0.322. The monoisotopic (exact) mass is 394 g/mol. The van der Waals surface area contributed by atoms with Crippen molar-refractivity contribution in [1.82, 2.24) is 29.1 Å². The normalized spacial score (nSPS) is 10.9. The van der Waals surface area contributed by atoms with E-state index in [1.165, 1.54) is 21.5 Å². The maximum atomic E-state index is 13.5. The number of aromatic nitrogens is 6. The third-order valence-electron chi connectivity index (χ3n) is 4.64. The van der Waals surface area contributed by atoms with Gasteiger partial charge in [0, 0.05) is 6.07 Å². The number of hydrogen-bond acceptors (Lipinski definition) is 6. The molecule has 5 aromatic rings. The Balaban J connectivity index is 1.89. The van der Waals surface area contributed by atoms with E-state index < -0.39 is 0 Å². The number of nitrogens with two attached hydrogens (primary N) is 1. The summed E-state index contributed by atoms with van der Waals surface area (Å²) in [6.07, 6.45) is 1.49. The van der Waals surface area contributed by atoms with Crippen LogP contribution >= 0.6 is 0 Å². The summed E-state index contributed by atoms with van der Waals surface area (Å²) in [6.45, 7) is 0. The summed E-state index contributed by atoms with van der Waals surface area (Å²) in [6, 6.07) is 21.8. The molecule has 0 radical (unpaired) electrons. The number of hydrogen-bond donors (Lipinski definition) is 1. The maximum absolute atomic E-state index is 13.5. The van der Waals surface area contributed by atoms with Crippen LogP contribution in [0.1, 0.15) is 5.69 Å². The van der Waals surface area contributed by atoms with Gasteiger partial charge >= 0.3 is 0 Å². The summed E-state index contributed by atoms with van der Waals surface area (Å²) in [5, 5.41) is 18.1. The molecular formula is C21H14N8O. The van der Waals surface area contributed by atoms with Crippen molar-refractivity contribution in [3.63, 3.8) is 0 Å². The Morgan fingerprint density at radius 3 is 2.23 bits per heavy atom. The molecule has 0 atom stereocenters. The predicted molar refractivity (Wildman–Crippen MR) is 111 cm³/mol. The summed E-state index contributed by atoms with van der Waals surface area (Å²) < 4.78 is 4.28. The second kappa shape index (κ2) is 6.72. The van der Waals surface area contributed by atoms with Crippen LogP contribution in [0.4, 0.5) is 5.82 Å². The molecule has 0 unspecified atom stereocenters. The summed E-state index contributed by atoms with van der Waals surface area (Å²) in [5.41, 5.74) is 7.60.